The number of rotatable bonds is 9. The maximum absolute atomic E-state index is 13.4. The standard InChI is InChI=1S/C28H32BrClN4O3/c1-3-13-34-19-24(30)27(31-34)28(36)33-14-12-25(37-23-11-7-10-22(29)16-23)21(18-33)15-26(35)32(2)17-20-8-5-4-6-9-20/h4-11,16,19,21,25H,3,12-15,17-18H2,1-2H3/t21-,25-/m0/s1. The second-order valence-electron chi connectivity index (χ2n) is 9.44. The Bertz CT molecular complexity index is 1220. The Morgan fingerprint density at radius 1 is 1.19 bits per heavy atom. The molecule has 9 heteroatoms. The van der Waals surface area contributed by atoms with Gasteiger partial charge in [-0.15, -0.1) is 0 Å². The molecule has 2 amide bonds. The van der Waals surface area contributed by atoms with Crippen molar-refractivity contribution >= 4 is 39.3 Å². The Hall–Kier alpha value is -2.84. The molecule has 4 rings (SSSR count). The Kier molecular flexibility index (Phi) is 9.27. The van der Waals surface area contributed by atoms with Gasteiger partial charge >= 0.3 is 0 Å². The zero-order valence-corrected chi connectivity index (χ0v) is 23.5. The summed E-state index contributed by atoms with van der Waals surface area (Å²) in [5, 5.41) is 4.76. The summed E-state index contributed by atoms with van der Waals surface area (Å²) in [6.45, 7) is 4.15. The van der Waals surface area contributed by atoms with E-state index < -0.39 is 0 Å². The predicted molar refractivity (Wildman–Crippen MR) is 148 cm³/mol. The molecule has 1 aliphatic rings. The second kappa shape index (κ2) is 12.6. The van der Waals surface area contributed by atoms with E-state index in [-0.39, 0.29) is 36.0 Å². The van der Waals surface area contributed by atoms with Gasteiger partial charge in [-0.05, 0) is 30.2 Å². The summed E-state index contributed by atoms with van der Waals surface area (Å²) in [6, 6.07) is 17.6. The van der Waals surface area contributed by atoms with Crippen LogP contribution in [0.5, 0.6) is 5.75 Å². The SMILES string of the molecule is CCCn1cc(Cl)c(C(=O)N2CC[C@H](Oc3cccc(Br)c3)[C@@H](CC(=O)N(C)Cc3ccccc3)C2)n1. The number of aromatic nitrogens is 2. The monoisotopic (exact) mass is 586 g/mol. The molecule has 37 heavy (non-hydrogen) atoms. The van der Waals surface area contributed by atoms with Crippen LogP contribution in [0.25, 0.3) is 0 Å². The van der Waals surface area contributed by atoms with Crippen molar-refractivity contribution in [3.8, 4) is 5.75 Å². The Labute approximate surface area is 231 Å². The van der Waals surface area contributed by atoms with Crippen molar-refractivity contribution in [1.82, 2.24) is 19.6 Å². The van der Waals surface area contributed by atoms with Gasteiger partial charge in [0.2, 0.25) is 5.91 Å². The third kappa shape index (κ3) is 7.14. The van der Waals surface area contributed by atoms with Gasteiger partial charge < -0.3 is 14.5 Å². The molecule has 1 aliphatic heterocycles. The lowest BCUT2D eigenvalue weighted by atomic mass is 9.90. The molecule has 0 spiro atoms. The second-order valence-corrected chi connectivity index (χ2v) is 10.8. The van der Waals surface area contributed by atoms with Crippen molar-refractivity contribution in [3.05, 3.63) is 81.5 Å². The third-order valence-corrected chi connectivity index (χ3v) is 7.30. The highest BCUT2D eigenvalue weighted by atomic mass is 79.9. The number of benzene rings is 2. The summed E-state index contributed by atoms with van der Waals surface area (Å²) < 4.78 is 8.98. The molecular weight excluding hydrogens is 556 g/mol. The van der Waals surface area contributed by atoms with Crippen molar-refractivity contribution in [2.24, 2.45) is 5.92 Å². The lowest BCUT2D eigenvalue weighted by Gasteiger charge is -2.38. The van der Waals surface area contributed by atoms with Crippen LogP contribution in [0.1, 0.15) is 42.2 Å². The fourth-order valence-corrected chi connectivity index (χ4v) is 5.23. The van der Waals surface area contributed by atoms with Crippen LogP contribution in [-0.2, 0) is 17.9 Å². The van der Waals surface area contributed by atoms with Crippen LogP contribution >= 0.6 is 27.5 Å². The summed E-state index contributed by atoms with van der Waals surface area (Å²) in [5.74, 6) is 0.349. The van der Waals surface area contributed by atoms with E-state index in [1.807, 2.05) is 68.6 Å². The van der Waals surface area contributed by atoms with Gasteiger partial charge in [0.15, 0.2) is 5.69 Å². The highest BCUT2D eigenvalue weighted by Gasteiger charge is 2.36. The molecule has 3 aromatic rings. The number of carbonyl (C=O) groups is 2. The van der Waals surface area contributed by atoms with E-state index in [0.29, 0.717) is 37.6 Å². The molecule has 0 radical (unpaired) electrons. The summed E-state index contributed by atoms with van der Waals surface area (Å²) in [6.07, 6.45) is 3.25. The molecule has 2 aromatic carbocycles. The molecule has 0 aliphatic carbocycles. The molecule has 196 valence electrons. The lowest BCUT2D eigenvalue weighted by Crippen LogP contribution is -2.49. The van der Waals surface area contributed by atoms with Gasteiger partial charge in [0.1, 0.15) is 11.9 Å². The van der Waals surface area contributed by atoms with E-state index in [4.69, 9.17) is 16.3 Å². The molecule has 0 saturated carbocycles. The normalized spacial score (nSPS) is 17.5. The van der Waals surface area contributed by atoms with E-state index in [2.05, 4.69) is 21.0 Å². The number of aryl methyl sites for hydroxylation is 1. The predicted octanol–water partition coefficient (Wildman–Crippen LogP) is 5.67. The van der Waals surface area contributed by atoms with Crippen molar-refractivity contribution in [2.45, 2.75) is 45.4 Å². The van der Waals surface area contributed by atoms with Gasteiger partial charge in [0, 0.05) is 62.7 Å². The fourth-order valence-electron chi connectivity index (χ4n) is 4.62. The van der Waals surface area contributed by atoms with Crippen molar-refractivity contribution in [2.75, 3.05) is 20.1 Å². The largest absolute Gasteiger partial charge is 0.490 e. The number of hydrogen-bond acceptors (Lipinski definition) is 4. The van der Waals surface area contributed by atoms with E-state index >= 15 is 0 Å². The Balaban J connectivity index is 1.50. The average Bonchev–Trinajstić information content (AvgIpc) is 3.25. The average molecular weight is 588 g/mol. The van der Waals surface area contributed by atoms with Crippen LogP contribution in [0.4, 0.5) is 0 Å². The van der Waals surface area contributed by atoms with Crippen LogP contribution in [0.15, 0.2) is 65.3 Å². The summed E-state index contributed by atoms with van der Waals surface area (Å²) in [4.78, 5) is 30.1. The van der Waals surface area contributed by atoms with Gasteiger partial charge in [0.25, 0.3) is 5.91 Å². The number of nitrogens with zero attached hydrogens (tertiary/aromatic N) is 4. The molecule has 2 heterocycles. The topological polar surface area (TPSA) is 67.7 Å². The maximum Gasteiger partial charge on any atom is 0.275 e. The Morgan fingerprint density at radius 2 is 1.97 bits per heavy atom. The van der Waals surface area contributed by atoms with E-state index in [1.54, 1.807) is 20.7 Å². The number of likely N-dealkylation sites (tertiary alicyclic amines) is 1. The number of amides is 2. The molecule has 1 aromatic heterocycles. The molecule has 2 atom stereocenters. The highest BCUT2D eigenvalue weighted by molar-refractivity contribution is 9.10. The number of piperidine rings is 1. The summed E-state index contributed by atoms with van der Waals surface area (Å²) in [7, 11) is 1.81. The van der Waals surface area contributed by atoms with Gasteiger partial charge in [-0.2, -0.15) is 5.10 Å². The first-order valence-electron chi connectivity index (χ1n) is 12.6. The first kappa shape index (κ1) is 27.2. The van der Waals surface area contributed by atoms with Crippen molar-refractivity contribution in [3.63, 3.8) is 0 Å². The van der Waals surface area contributed by atoms with Crippen LogP contribution < -0.4 is 4.74 Å². The van der Waals surface area contributed by atoms with Crippen molar-refractivity contribution in [1.29, 1.82) is 0 Å². The van der Waals surface area contributed by atoms with E-state index in [1.165, 1.54) is 0 Å². The van der Waals surface area contributed by atoms with E-state index in [9.17, 15) is 9.59 Å². The van der Waals surface area contributed by atoms with Gasteiger partial charge in [0.05, 0.1) is 5.02 Å². The van der Waals surface area contributed by atoms with Crippen LogP contribution in [0.3, 0.4) is 0 Å². The zero-order valence-electron chi connectivity index (χ0n) is 21.1. The minimum absolute atomic E-state index is 0.0104. The van der Waals surface area contributed by atoms with Gasteiger partial charge in [-0.25, -0.2) is 0 Å². The Morgan fingerprint density at radius 3 is 2.70 bits per heavy atom. The fraction of sp³-hybridized carbons (Fsp3) is 0.393. The zero-order chi connectivity index (χ0) is 26.4. The number of hydrogen-bond donors (Lipinski definition) is 0. The molecular formula is C28H32BrClN4O3. The van der Waals surface area contributed by atoms with Crippen LogP contribution in [0, 0.1) is 5.92 Å². The molecule has 0 bridgehead atoms. The maximum atomic E-state index is 13.4. The molecule has 0 N–H and O–H groups in total. The third-order valence-electron chi connectivity index (χ3n) is 6.53. The summed E-state index contributed by atoms with van der Waals surface area (Å²) in [5.41, 5.74) is 1.32. The first-order valence-corrected chi connectivity index (χ1v) is 13.7. The summed E-state index contributed by atoms with van der Waals surface area (Å²) >= 11 is 9.86. The lowest BCUT2D eigenvalue weighted by molar-refractivity contribution is -0.132. The van der Waals surface area contributed by atoms with Gasteiger partial charge in [-0.3, -0.25) is 14.3 Å². The number of halogens is 2. The van der Waals surface area contributed by atoms with Gasteiger partial charge in [-0.1, -0.05) is 70.9 Å². The number of ether oxygens (including phenoxy) is 1. The van der Waals surface area contributed by atoms with Crippen LogP contribution in [-0.4, -0.2) is 57.6 Å². The smallest absolute Gasteiger partial charge is 0.275 e. The van der Waals surface area contributed by atoms with E-state index in [0.717, 1.165) is 22.2 Å². The molecule has 7 nitrogen and oxygen atoms in total. The first-order chi connectivity index (χ1) is 17.8. The molecule has 1 fully saturated rings. The molecule has 0 unspecified atom stereocenters. The quantitative estimate of drug-likeness (QED) is 0.324. The molecule has 1 saturated heterocycles. The highest BCUT2D eigenvalue weighted by Crippen LogP contribution is 2.29. The van der Waals surface area contributed by atoms with Crippen LogP contribution in [0.2, 0.25) is 5.02 Å². The minimum atomic E-state index is -0.212. The van der Waals surface area contributed by atoms with Crippen molar-refractivity contribution < 1.29 is 14.3 Å². The number of carbonyl (C=O) groups excluding carboxylic acids is 2. The minimum Gasteiger partial charge on any atom is -0.490 e.